The predicted molar refractivity (Wildman–Crippen MR) is 385 cm³/mol. The largest absolute Gasteiger partial charge is 0.508 e. The first-order valence-electron chi connectivity index (χ1n) is 34.1. The molecule has 4 rings (SSSR count). The Labute approximate surface area is 605 Å². The zero-order valence-corrected chi connectivity index (χ0v) is 61.1. The third-order valence-corrected chi connectivity index (χ3v) is 17.4. The Bertz CT molecular complexity index is 3350. The summed E-state index contributed by atoms with van der Waals surface area (Å²) in [7, 11) is 0. The van der Waals surface area contributed by atoms with Crippen LogP contribution in [-0.2, 0) is 81.6 Å². The number of hydrogen-bond acceptors (Lipinski definition) is 19. The topological polar surface area (TPSA) is 464 Å². The number of rotatable bonds is 40. The van der Waals surface area contributed by atoms with E-state index >= 15 is 0 Å². The van der Waals surface area contributed by atoms with E-state index in [4.69, 9.17) is 5.73 Å². The third kappa shape index (κ3) is 28.1. The van der Waals surface area contributed by atoms with Crippen LogP contribution in [0.5, 0.6) is 11.5 Å². The van der Waals surface area contributed by atoms with Gasteiger partial charge in [0.2, 0.25) is 70.9 Å². The van der Waals surface area contributed by atoms with Crippen molar-refractivity contribution in [2.24, 2.45) is 29.4 Å². The first-order chi connectivity index (χ1) is 48.0. The van der Waals surface area contributed by atoms with Gasteiger partial charge < -0.3 is 89.5 Å². The lowest BCUT2D eigenvalue weighted by Crippen LogP contribution is -2.62. The molecule has 3 aromatic carbocycles. The number of benzene rings is 3. The number of likely N-dealkylation sites (tertiary alicyclic amines) is 1. The molecule has 1 aliphatic heterocycles. The highest BCUT2D eigenvalue weighted by molar-refractivity contribution is 7.80. The van der Waals surface area contributed by atoms with E-state index in [-0.39, 0.29) is 92.2 Å². The van der Waals surface area contributed by atoms with E-state index in [2.05, 4.69) is 83.7 Å². The van der Waals surface area contributed by atoms with Gasteiger partial charge in [-0.15, -0.1) is 0 Å². The van der Waals surface area contributed by atoms with Gasteiger partial charge in [0, 0.05) is 37.3 Å². The average molecular weight is 1460 g/mol. The minimum Gasteiger partial charge on any atom is -0.508 e. The molecule has 12 amide bonds. The number of nitrogens with two attached hydrogens (primary N) is 1. The summed E-state index contributed by atoms with van der Waals surface area (Å²) in [6.45, 7) is 15.9. The molecule has 17 N–H and O–H groups in total. The molecule has 1 aliphatic rings. The molecule has 1 saturated heterocycles. The molecular weight excluding hydrogens is 1360 g/mol. The number of aliphatic hydroxyl groups excluding tert-OH is 1. The fourth-order valence-electron chi connectivity index (χ4n) is 11.1. The molecule has 0 aromatic heterocycles. The maximum atomic E-state index is 14.8. The molecule has 0 spiro atoms. The van der Waals surface area contributed by atoms with Crippen LogP contribution in [0, 0.1) is 23.7 Å². The van der Waals surface area contributed by atoms with Crippen molar-refractivity contribution in [1.82, 2.24) is 63.4 Å². The van der Waals surface area contributed by atoms with Gasteiger partial charge in [-0.1, -0.05) is 110 Å². The summed E-state index contributed by atoms with van der Waals surface area (Å²) in [6.07, 6.45) is -1.48. The quantitative estimate of drug-likeness (QED) is 0.0321. The van der Waals surface area contributed by atoms with Crippen LogP contribution in [0.3, 0.4) is 0 Å². The number of aliphatic hydroxyl groups is 1. The van der Waals surface area contributed by atoms with Gasteiger partial charge in [-0.05, 0) is 111 Å². The molecule has 32 heteroatoms. The fraction of sp³-hybridized carbons (Fsp3) is 0.557. The van der Waals surface area contributed by atoms with Crippen molar-refractivity contribution in [3.8, 4) is 11.5 Å². The van der Waals surface area contributed by atoms with Crippen molar-refractivity contribution in [3.05, 3.63) is 95.6 Å². The Balaban J connectivity index is 1.54. The second-order valence-electron chi connectivity index (χ2n) is 27.2. The maximum Gasteiger partial charge on any atom is 0.327 e. The van der Waals surface area contributed by atoms with E-state index in [0.29, 0.717) is 23.1 Å². The maximum absolute atomic E-state index is 14.8. The molecule has 1 fully saturated rings. The zero-order valence-electron chi connectivity index (χ0n) is 59.3. The highest BCUT2D eigenvalue weighted by Crippen LogP contribution is 2.22. The highest BCUT2D eigenvalue weighted by atomic mass is 32.1. The smallest absolute Gasteiger partial charge is 0.327 e. The Hall–Kier alpha value is -9.01. The van der Waals surface area contributed by atoms with Gasteiger partial charge in [0.15, 0.2) is 0 Å². The Morgan fingerprint density at radius 2 is 0.892 bits per heavy atom. The van der Waals surface area contributed by atoms with E-state index in [9.17, 15) is 82.8 Å². The van der Waals surface area contributed by atoms with Crippen LogP contribution in [0.15, 0.2) is 78.9 Å². The van der Waals surface area contributed by atoms with Crippen LogP contribution in [0.2, 0.25) is 0 Å². The number of hydrogen-bond donors (Lipinski definition) is 18. The Morgan fingerprint density at radius 1 is 0.471 bits per heavy atom. The molecule has 0 bridgehead atoms. The molecule has 30 nitrogen and oxygen atoms in total. The Morgan fingerprint density at radius 3 is 1.34 bits per heavy atom. The van der Waals surface area contributed by atoms with Crippen molar-refractivity contribution in [3.63, 3.8) is 0 Å². The minimum absolute atomic E-state index is 0.00196. The molecule has 0 aliphatic carbocycles. The molecule has 0 unspecified atom stereocenters. The van der Waals surface area contributed by atoms with Gasteiger partial charge >= 0.3 is 5.97 Å². The number of nitrogens with one attached hydrogen (secondary N) is 11. The number of aromatic hydroxyl groups is 2. The van der Waals surface area contributed by atoms with Gasteiger partial charge in [-0.2, -0.15) is 25.3 Å². The first-order valence-corrected chi connectivity index (χ1v) is 35.4. The summed E-state index contributed by atoms with van der Waals surface area (Å²) in [6, 6.07) is 4.16. The highest BCUT2D eigenvalue weighted by Gasteiger charge is 2.41. The number of nitrogens with zero attached hydrogens (tertiary/aromatic N) is 1. The van der Waals surface area contributed by atoms with E-state index in [0.717, 1.165) is 0 Å². The van der Waals surface area contributed by atoms with Crippen molar-refractivity contribution < 1.29 is 82.8 Å². The van der Waals surface area contributed by atoms with Crippen LogP contribution < -0.4 is 64.2 Å². The number of phenolic OH excluding ortho intramolecular Hbond substituents is 2. The number of amides is 12. The molecule has 0 saturated carbocycles. The number of carboxylic acids is 1. The van der Waals surface area contributed by atoms with Gasteiger partial charge in [0.1, 0.15) is 78.0 Å². The fourth-order valence-corrected chi connectivity index (χ4v) is 11.5. The lowest BCUT2D eigenvalue weighted by atomic mass is 9.99. The monoisotopic (exact) mass is 1460 g/mol. The number of carbonyl (C=O) groups excluding carboxylic acids is 12. The summed E-state index contributed by atoms with van der Waals surface area (Å²) in [5.41, 5.74) is 7.27. The van der Waals surface area contributed by atoms with E-state index in [1.807, 2.05) is 13.8 Å². The molecule has 13 atom stereocenters. The summed E-state index contributed by atoms with van der Waals surface area (Å²) in [5, 5.41) is 69.3. The van der Waals surface area contributed by atoms with Crippen molar-refractivity contribution >= 4 is 102 Å². The molecule has 102 heavy (non-hydrogen) atoms. The summed E-state index contributed by atoms with van der Waals surface area (Å²) in [5.74, 6) is -12.8. The van der Waals surface area contributed by atoms with Crippen LogP contribution >= 0.6 is 25.3 Å². The van der Waals surface area contributed by atoms with E-state index in [1.165, 1.54) is 67.3 Å². The van der Waals surface area contributed by atoms with Crippen LogP contribution in [0.25, 0.3) is 0 Å². The van der Waals surface area contributed by atoms with Crippen LogP contribution in [-0.4, -0.2) is 205 Å². The molecular formula is C70H103N13O17S2. The first kappa shape index (κ1) is 85.4. The lowest BCUT2D eigenvalue weighted by molar-refractivity contribution is -0.142. The molecule has 1 heterocycles. The predicted octanol–water partition coefficient (Wildman–Crippen LogP) is -0.453. The van der Waals surface area contributed by atoms with Crippen LogP contribution in [0.4, 0.5) is 0 Å². The number of carboxylic acid groups (broad SMARTS) is 1. The lowest BCUT2D eigenvalue weighted by Gasteiger charge is -2.31. The Kier molecular flexibility index (Phi) is 35.0. The van der Waals surface area contributed by atoms with E-state index < -0.39 is 168 Å². The second-order valence-corrected chi connectivity index (χ2v) is 27.9. The summed E-state index contributed by atoms with van der Waals surface area (Å²) >= 11 is 8.05. The van der Waals surface area contributed by atoms with Crippen molar-refractivity contribution in [1.29, 1.82) is 0 Å². The number of thiol groups is 2. The minimum atomic E-state index is -1.73. The third-order valence-electron chi connectivity index (χ3n) is 16.6. The standard InChI is InChI=1S/C70H103N13O17S2/c1-36(2)27-48(76-63(92)51(30-42-15-12-11-13-16-42)79-68(97)58(41(10)84)82-65(94)50(29-38(5)6)77-62(91)49(28-37(3)4)75-59(88)40(9)73-60(89)47(71)34-101)61(90)72-33-56(87)74-53(32-44-20-24-46(86)25-21-44)69(98)83-26-14-17-55(83)66(95)81-57(39(7)8)67(96)78-52(31-43-18-22-45(85)23-19-43)64(93)80-54(35-102)70(99)100/h11-13,15-16,18-25,36-41,47-55,57-58,84-86,101-102H,14,17,26-35,71H2,1-10H3,(H,72,90)(H,73,89)(H,74,87)(H,75,88)(H,76,92)(H,77,91)(H,78,96)(H,79,97)(H,80,93)(H,81,95)(H,82,94)(H,99,100)/t40-,41+,47-,48-,49-,50-,51-,52-,53-,54-,55-,57-,58-/m0/s1. The van der Waals surface area contributed by atoms with Gasteiger partial charge in [0.05, 0.1) is 18.7 Å². The van der Waals surface area contributed by atoms with Crippen molar-refractivity contribution in [2.45, 2.75) is 199 Å². The SMILES string of the molecule is CC(C)C[C@H](NC(=O)[C@H](C)NC(=O)[C@@H](N)CS)C(=O)N[C@@H](CC(C)C)C(=O)N[C@H](C(=O)N[C@@H](Cc1ccccc1)C(=O)N[C@@H](CC(C)C)C(=O)NCC(=O)N[C@@H](Cc1ccc(O)cc1)C(=O)N1CCC[C@H]1C(=O)N[C@H](C(=O)N[C@@H](Cc1ccc(O)cc1)C(=O)N[C@@H](CS)C(=O)O)C(C)C)[C@@H](C)O. The number of aliphatic carboxylic acids is 1. The number of phenols is 2. The van der Waals surface area contributed by atoms with Gasteiger partial charge in [-0.3, -0.25) is 57.5 Å². The number of carbonyl (C=O) groups is 13. The van der Waals surface area contributed by atoms with E-state index in [1.54, 1.807) is 71.9 Å². The van der Waals surface area contributed by atoms with Crippen molar-refractivity contribution in [2.75, 3.05) is 24.6 Å². The molecule has 0 radical (unpaired) electrons. The van der Waals surface area contributed by atoms with Gasteiger partial charge in [-0.25, -0.2) is 4.79 Å². The summed E-state index contributed by atoms with van der Waals surface area (Å²) in [4.78, 5) is 181. The zero-order chi connectivity index (χ0) is 76.2. The second kappa shape index (κ2) is 41.8. The normalized spacial score (nSPS) is 16.4. The summed E-state index contributed by atoms with van der Waals surface area (Å²) < 4.78 is 0. The molecule has 3 aromatic rings. The van der Waals surface area contributed by atoms with Gasteiger partial charge in [0.25, 0.3) is 0 Å². The average Bonchev–Trinajstić information content (AvgIpc) is 1.58. The molecule has 562 valence electrons. The van der Waals surface area contributed by atoms with Crippen LogP contribution in [0.1, 0.15) is 118 Å².